The van der Waals surface area contributed by atoms with E-state index in [0.717, 1.165) is 17.2 Å². The molecule has 1 unspecified atom stereocenters. The molecular weight excluding hydrogens is 200 g/mol. The van der Waals surface area contributed by atoms with Gasteiger partial charge in [0, 0.05) is 12.6 Å². The fourth-order valence-corrected chi connectivity index (χ4v) is 1.61. The van der Waals surface area contributed by atoms with Gasteiger partial charge in [0.15, 0.2) is 5.82 Å². The molecule has 2 rings (SSSR count). The predicted molar refractivity (Wildman–Crippen MR) is 63.9 cm³/mol. The number of rotatable bonds is 3. The van der Waals surface area contributed by atoms with Crippen molar-refractivity contribution in [2.24, 2.45) is 7.05 Å². The minimum absolute atomic E-state index is 0.204. The van der Waals surface area contributed by atoms with Crippen molar-refractivity contribution >= 4 is 0 Å². The van der Waals surface area contributed by atoms with E-state index in [-0.39, 0.29) is 6.04 Å². The van der Waals surface area contributed by atoms with Crippen LogP contribution in [-0.2, 0) is 7.05 Å². The van der Waals surface area contributed by atoms with Crippen molar-refractivity contribution < 1.29 is 0 Å². The summed E-state index contributed by atoms with van der Waals surface area (Å²) in [6.07, 6.45) is 0. The van der Waals surface area contributed by atoms with Crippen LogP contribution in [0.2, 0.25) is 0 Å². The van der Waals surface area contributed by atoms with Gasteiger partial charge < -0.3 is 5.32 Å². The van der Waals surface area contributed by atoms with Crippen molar-refractivity contribution in [1.29, 1.82) is 0 Å². The number of nitrogens with zero attached hydrogens (tertiary/aromatic N) is 3. The monoisotopic (exact) mass is 216 g/mol. The van der Waals surface area contributed by atoms with Gasteiger partial charge in [-0.3, -0.25) is 4.68 Å². The van der Waals surface area contributed by atoms with E-state index in [4.69, 9.17) is 0 Å². The van der Waals surface area contributed by atoms with Gasteiger partial charge in [-0.15, -0.1) is 0 Å². The molecule has 84 valence electrons. The standard InChI is InChI=1S/C12H16N4/c1-9(13-2)12-14-11(15-16(12)3)10-7-5-4-6-8-10/h4-9,13H,1-3H3. The van der Waals surface area contributed by atoms with Crippen LogP contribution in [0.3, 0.4) is 0 Å². The summed E-state index contributed by atoms with van der Waals surface area (Å²) in [7, 11) is 3.84. The topological polar surface area (TPSA) is 42.7 Å². The van der Waals surface area contributed by atoms with E-state index in [9.17, 15) is 0 Å². The van der Waals surface area contributed by atoms with Crippen molar-refractivity contribution in [2.45, 2.75) is 13.0 Å². The summed E-state index contributed by atoms with van der Waals surface area (Å²) < 4.78 is 1.82. The van der Waals surface area contributed by atoms with E-state index >= 15 is 0 Å². The summed E-state index contributed by atoms with van der Waals surface area (Å²) in [6, 6.07) is 10.2. The van der Waals surface area contributed by atoms with Crippen LogP contribution in [0.25, 0.3) is 11.4 Å². The predicted octanol–water partition coefficient (Wildman–Crippen LogP) is 1.76. The Morgan fingerprint density at radius 1 is 1.25 bits per heavy atom. The molecule has 1 N–H and O–H groups in total. The fraction of sp³-hybridized carbons (Fsp3) is 0.333. The summed E-state index contributed by atoms with van der Waals surface area (Å²) in [5.41, 5.74) is 1.05. The molecule has 4 nitrogen and oxygen atoms in total. The Balaban J connectivity index is 2.38. The summed E-state index contributed by atoms with van der Waals surface area (Å²) in [6.45, 7) is 2.07. The zero-order valence-electron chi connectivity index (χ0n) is 9.81. The zero-order chi connectivity index (χ0) is 11.5. The molecule has 1 aromatic carbocycles. The van der Waals surface area contributed by atoms with Crippen molar-refractivity contribution in [1.82, 2.24) is 20.1 Å². The first-order valence-electron chi connectivity index (χ1n) is 5.36. The fourth-order valence-electron chi connectivity index (χ4n) is 1.61. The Kier molecular flexibility index (Phi) is 3.01. The highest BCUT2D eigenvalue weighted by Crippen LogP contribution is 2.17. The normalized spacial score (nSPS) is 12.7. The Hall–Kier alpha value is -1.68. The SMILES string of the molecule is CNC(C)c1nc(-c2ccccc2)nn1C. The number of hydrogen-bond acceptors (Lipinski definition) is 3. The minimum Gasteiger partial charge on any atom is -0.311 e. The molecule has 0 radical (unpaired) electrons. The van der Waals surface area contributed by atoms with E-state index < -0.39 is 0 Å². The quantitative estimate of drug-likeness (QED) is 0.850. The molecule has 0 saturated heterocycles. The maximum atomic E-state index is 4.54. The second-order valence-electron chi connectivity index (χ2n) is 3.79. The lowest BCUT2D eigenvalue weighted by Crippen LogP contribution is -2.16. The van der Waals surface area contributed by atoms with Crippen LogP contribution in [0.5, 0.6) is 0 Å². The van der Waals surface area contributed by atoms with Crippen LogP contribution < -0.4 is 5.32 Å². The molecule has 16 heavy (non-hydrogen) atoms. The molecule has 2 aromatic rings. The van der Waals surface area contributed by atoms with Crippen LogP contribution in [-0.4, -0.2) is 21.8 Å². The smallest absolute Gasteiger partial charge is 0.181 e. The Morgan fingerprint density at radius 2 is 1.94 bits per heavy atom. The maximum absolute atomic E-state index is 4.54. The van der Waals surface area contributed by atoms with E-state index in [1.54, 1.807) is 0 Å². The molecular formula is C12H16N4. The van der Waals surface area contributed by atoms with Gasteiger partial charge in [0.05, 0.1) is 6.04 Å². The van der Waals surface area contributed by atoms with Gasteiger partial charge in [0.25, 0.3) is 0 Å². The van der Waals surface area contributed by atoms with Crippen LogP contribution in [0.4, 0.5) is 0 Å². The summed E-state index contributed by atoms with van der Waals surface area (Å²) in [5, 5.41) is 7.58. The molecule has 0 saturated carbocycles. The van der Waals surface area contributed by atoms with Crippen LogP contribution >= 0.6 is 0 Å². The molecule has 1 atom stereocenters. The molecule has 1 aromatic heterocycles. The molecule has 0 aliphatic carbocycles. The average Bonchev–Trinajstić information content (AvgIpc) is 2.71. The van der Waals surface area contributed by atoms with Gasteiger partial charge in [0.1, 0.15) is 5.82 Å². The first kappa shape index (κ1) is 10.8. The molecule has 1 heterocycles. The lowest BCUT2D eigenvalue weighted by atomic mass is 10.2. The molecule has 0 fully saturated rings. The Bertz CT molecular complexity index is 461. The number of hydrogen-bond donors (Lipinski definition) is 1. The van der Waals surface area contributed by atoms with Gasteiger partial charge >= 0.3 is 0 Å². The molecule has 4 heteroatoms. The molecule has 0 amide bonds. The average molecular weight is 216 g/mol. The van der Waals surface area contributed by atoms with Crippen molar-refractivity contribution in [3.05, 3.63) is 36.2 Å². The minimum atomic E-state index is 0.204. The molecule has 0 spiro atoms. The Morgan fingerprint density at radius 3 is 2.56 bits per heavy atom. The van der Waals surface area contributed by atoms with Crippen molar-refractivity contribution in [3.8, 4) is 11.4 Å². The summed E-state index contributed by atoms with van der Waals surface area (Å²) in [5.74, 6) is 1.72. The highest BCUT2D eigenvalue weighted by atomic mass is 15.3. The first-order chi connectivity index (χ1) is 7.72. The van der Waals surface area contributed by atoms with Crippen LogP contribution in [0.15, 0.2) is 30.3 Å². The van der Waals surface area contributed by atoms with Crippen LogP contribution in [0, 0.1) is 0 Å². The maximum Gasteiger partial charge on any atom is 0.181 e. The number of aryl methyl sites for hydroxylation is 1. The van der Waals surface area contributed by atoms with Crippen molar-refractivity contribution in [3.63, 3.8) is 0 Å². The number of nitrogens with one attached hydrogen (secondary N) is 1. The van der Waals surface area contributed by atoms with E-state index in [0.29, 0.717) is 0 Å². The van der Waals surface area contributed by atoms with Gasteiger partial charge in [-0.1, -0.05) is 30.3 Å². The third-order valence-electron chi connectivity index (χ3n) is 2.65. The molecule has 0 bridgehead atoms. The highest BCUT2D eigenvalue weighted by Gasteiger charge is 2.13. The van der Waals surface area contributed by atoms with Crippen LogP contribution in [0.1, 0.15) is 18.8 Å². The first-order valence-corrected chi connectivity index (χ1v) is 5.36. The Labute approximate surface area is 95.3 Å². The third kappa shape index (κ3) is 1.97. The second kappa shape index (κ2) is 4.45. The van der Waals surface area contributed by atoms with Gasteiger partial charge in [-0.25, -0.2) is 4.98 Å². The lowest BCUT2D eigenvalue weighted by Gasteiger charge is -2.07. The van der Waals surface area contributed by atoms with Gasteiger partial charge in [-0.2, -0.15) is 5.10 Å². The number of benzene rings is 1. The van der Waals surface area contributed by atoms with Gasteiger partial charge in [0.2, 0.25) is 0 Å². The lowest BCUT2D eigenvalue weighted by molar-refractivity contribution is 0.564. The second-order valence-corrected chi connectivity index (χ2v) is 3.79. The largest absolute Gasteiger partial charge is 0.311 e. The molecule has 0 aliphatic heterocycles. The van der Waals surface area contributed by atoms with Gasteiger partial charge in [-0.05, 0) is 14.0 Å². The molecule has 0 aliphatic rings. The van der Waals surface area contributed by atoms with E-state index in [2.05, 4.69) is 22.3 Å². The zero-order valence-corrected chi connectivity index (χ0v) is 9.81. The van der Waals surface area contributed by atoms with E-state index in [1.807, 2.05) is 49.1 Å². The summed E-state index contributed by atoms with van der Waals surface area (Å²) in [4.78, 5) is 4.54. The van der Waals surface area contributed by atoms with E-state index in [1.165, 1.54) is 0 Å². The number of aromatic nitrogens is 3. The third-order valence-corrected chi connectivity index (χ3v) is 2.65. The summed E-state index contributed by atoms with van der Waals surface area (Å²) >= 11 is 0. The van der Waals surface area contributed by atoms with Crippen molar-refractivity contribution in [2.75, 3.05) is 7.05 Å². The highest BCUT2D eigenvalue weighted by molar-refractivity contribution is 5.54.